The number of hydrogen-bond acceptors (Lipinski definition) is 3. The topological polar surface area (TPSA) is 53.4 Å². The number of rotatable bonds is 2. The lowest BCUT2D eigenvalue weighted by Gasteiger charge is -2.09. The van der Waals surface area contributed by atoms with Crippen LogP contribution in [0, 0.1) is 0 Å². The van der Waals surface area contributed by atoms with E-state index in [4.69, 9.17) is 0 Å². The van der Waals surface area contributed by atoms with Crippen LogP contribution >= 0.6 is 0 Å². The van der Waals surface area contributed by atoms with Crippen molar-refractivity contribution < 1.29 is 10.2 Å². The van der Waals surface area contributed by atoms with Crippen molar-refractivity contribution in [3.63, 3.8) is 0 Å². The molecule has 3 nitrogen and oxygen atoms in total. The van der Waals surface area contributed by atoms with Gasteiger partial charge in [0.2, 0.25) is 0 Å². The van der Waals surface area contributed by atoms with Gasteiger partial charge in [0.1, 0.15) is 11.5 Å². The Balaban J connectivity index is 1.90. The Morgan fingerprint density at radius 2 is 1.17 bits per heavy atom. The summed E-state index contributed by atoms with van der Waals surface area (Å²) in [6, 6.07) is 22.5. The molecule has 4 aromatic rings. The van der Waals surface area contributed by atoms with Crippen LogP contribution in [0.15, 0.2) is 79.0 Å². The van der Waals surface area contributed by atoms with Gasteiger partial charge in [-0.1, -0.05) is 30.3 Å². The van der Waals surface area contributed by atoms with Crippen molar-refractivity contribution in [3.05, 3.63) is 79.0 Å². The summed E-state index contributed by atoms with van der Waals surface area (Å²) in [5, 5.41) is 20.0. The minimum absolute atomic E-state index is 0.252. The Hall–Kier alpha value is -3.33. The number of phenolic OH excluding ortho intramolecular Hbond substituents is 2. The molecular formula is C21H15NO2. The van der Waals surface area contributed by atoms with Crippen LogP contribution in [0.2, 0.25) is 0 Å². The van der Waals surface area contributed by atoms with Crippen molar-refractivity contribution in [2.75, 3.05) is 0 Å². The molecule has 0 aliphatic carbocycles. The molecule has 0 aliphatic heterocycles. The van der Waals surface area contributed by atoms with E-state index >= 15 is 0 Å². The van der Waals surface area contributed by atoms with E-state index in [1.54, 1.807) is 30.5 Å². The van der Waals surface area contributed by atoms with Gasteiger partial charge < -0.3 is 10.2 Å². The predicted octanol–water partition coefficient (Wildman–Crippen LogP) is 4.98. The van der Waals surface area contributed by atoms with Gasteiger partial charge in [-0.05, 0) is 64.7 Å². The predicted molar refractivity (Wildman–Crippen MR) is 95.9 cm³/mol. The first-order chi connectivity index (χ1) is 11.7. The Bertz CT molecular complexity index is 1010. The van der Waals surface area contributed by atoms with E-state index in [2.05, 4.69) is 11.1 Å². The molecule has 1 aromatic heterocycles. The Morgan fingerprint density at radius 3 is 1.83 bits per heavy atom. The highest BCUT2D eigenvalue weighted by Gasteiger charge is 2.07. The molecule has 3 aromatic carbocycles. The van der Waals surface area contributed by atoms with Crippen LogP contribution in [0.4, 0.5) is 0 Å². The first-order valence-electron chi connectivity index (χ1n) is 7.68. The fourth-order valence-electron chi connectivity index (χ4n) is 2.87. The summed E-state index contributed by atoms with van der Waals surface area (Å²) in [5.74, 6) is 0.507. The summed E-state index contributed by atoms with van der Waals surface area (Å²) in [4.78, 5) is 4.44. The number of hydrogen-bond donors (Lipinski definition) is 2. The quantitative estimate of drug-likeness (QED) is 0.549. The Labute approximate surface area is 139 Å². The number of pyridine rings is 1. The monoisotopic (exact) mass is 313 g/mol. The highest BCUT2D eigenvalue weighted by Crippen LogP contribution is 2.32. The highest BCUT2D eigenvalue weighted by molar-refractivity contribution is 5.96. The van der Waals surface area contributed by atoms with Gasteiger partial charge in [-0.25, -0.2) is 0 Å². The number of aromatic hydroxyl groups is 2. The maximum atomic E-state index is 9.50. The first-order valence-corrected chi connectivity index (χ1v) is 7.68. The van der Waals surface area contributed by atoms with Gasteiger partial charge in [0.25, 0.3) is 0 Å². The lowest BCUT2D eigenvalue weighted by atomic mass is 9.97. The molecule has 0 atom stereocenters. The van der Waals surface area contributed by atoms with E-state index in [0.717, 1.165) is 33.2 Å². The van der Waals surface area contributed by atoms with Crippen molar-refractivity contribution >= 4 is 10.9 Å². The summed E-state index contributed by atoms with van der Waals surface area (Å²) in [6.45, 7) is 0. The molecule has 0 saturated carbocycles. The minimum Gasteiger partial charge on any atom is -0.508 e. The molecule has 0 fully saturated rings. The van der Waals surface area contributed by atoms with Gasteiger partial charge in [0.15, 0.2) is 0 Å². The average molecular weight is 313 g/mol. The van der Waals surface area contributed by atoms with Gasteiger partial charge in [0, 0.05) is 11.6 Å². The summed E-state index contributed by atoms with van der Waals surface area (Å²) in [7, 11) is 0. The molecule has 0 radical (unpaired) electrons. The van der Waals surface area contributed by atoms with Crippen LogP contribution in [0.25, 0.3) is 33.2 Å². The number of phenols is 2. The standard InChI is InChI=1S/C21H15NO2/c23-17-6-1-14(2-7-17)16-5-10-21-20(13-16)19(11-12-22-21)15-3-8-18(24)9-4-15/h1-13,23-24H. The smallest absolute Gasteiger partial charge is 0.115 e. The molecule has 0 amide bonds. The average Bonchev–Trinajstić information content (AvgIpc) is 2.62. The largest absolute Gasteiger partial charge is 0.508 e. The molecular weight excluding hydrogens is 298 g/mol. The molecule has 0 spiro atoms. The number of nitrogens with zero attached hydrogens (tertiary/aromatic N) is 1. The second kappa shape index (κ2) is 5.70. The van der Waals surface area contributed by atoms with E-state index in [1.165, 1.54) is 0 Å². The molecule has 24 heavy (non-hydrogen) atoms. The fraction of sp³-hybridized carbons (Fsp3) is 0. The third-order valence-electron chi connectivity index (χ3n) is 4.12. The van der Waals surface area contributed by atoms with Crippen LogP contribution in [-0.4, -0.2) is 15.2 Å². The number of benzene rings is 3. The zero-order valence-electron chi connectivity index (χ0n) is 12.8. The van der Waals surface area contributed by atoms with Crippen molar-refractivity contribution in [3.8, 4) is 33.8 Å². The molecule has 4 rings (SSSR count). The molecule has 116 valence electrons. The van der Waals surface area contributed by atoms with Gasteiger partial charge >= 0.3 is 0 Å². The first kappa shape index (κ1) is 14.3. The molecule has 0 unspecified atom stereocenters. The van der Waals surface area contributed by atoms with Crippen LogP contribution < -0.4 is 0 Å². The third kappa shape index (κ3) is 2.57. The second-order valence-corrected chi connectivity index (χ2v) is 5.68. The third-order valence-corrected chi connectivity index (χ3v) is 4.12. The highest BCUT2D eigenvalue weighted by atomic mass is 16.3. The molecule has 3 heteroatoms. The summed E-state index contributed by atoms with van der Waals surface area (Å²) in [5.41, 5.74) is 5.12. The van der Waals surface area contributed by atoms with Crippen LogP contribution in [0.5, 0.6) is 11.5 Å². The van der Waals surface area contributed by atoms with Crippen molar-refractivity contribution in [1.82, 2.24) is 4.98 Å². The maximum Gasteiger partial charge on any atom is 0.115 e. The Kier molecular flexibility index (Phi) is 3.39. The van der Waals surface area contributed by atoms with Gasteiger partial charge in [-0.3, -0.25) is 4.98 Å². The molecule has 2 N–H and O–H groups in total. The summed E-state index contributed by atoms with van der Waals surface area (Å²) in [6.07, 6.45) is 1.80. The molecule has 0 aliphatic rings. The summed E-state index contributed by atoms with van der Waals surface area (Å²) >= 11 is 0. The van der Waals surface area contributed by atoms with Crippen LogP contribution in [-0.2, 0) is 0 Å². The normalized spacial score (nSPS) is 10.8. The Morgan fingerprint density at radius 1 is 0.583 bits per heavy atom. The van der Waals surface area contributed by atoms with E-state index in [9.17, 15) is 10.2 Å². The second-order valence-electron chi connectivity index (χ2n) is 5.68. The van der Waals surface area contributed by atoms with Crippen LogP contribution in [0.3, 0.4) is 0 Å². The molecule has 0 bridgehead atoms. The summed E-state index contributed by atoms with van der Waals surface area (Å²) < 4.78 is 0. The minimum atomic E-state index is 0.252. The van der Waals surface area contributed by atoms with Gasteiger partial charge in [-0.15, -0.1) is 0 Å². The van der Waals surface area contributed by atoms with E-state index in [0.29, 0.717) is 0 Å². The van der Waals surface area contributed by atoms with Crippen molar-refractivity contribution in [2.45, 2.75) is 0 Å². The van der Waals surface area contributed by atoms with E-state index in [-0.39, 0.29) is 11.5 Å². The van der Waals surface area contributed by atoms with Crippen molar-refractivity contribution in [2.24, 2.45) is 0 Å². The zero-order chi connectivity index (χ0) is 16.5. The fourth-order valence-corrected chi connectivity index (χ4v) is 2.87. The molecule has 0 saturated heterocycles. The molecule has 1 heterocycles. The van der Waals surface area contributed by atoms with Gasteiger partial charge in [0.05, 0.1) is 5.52 Å². The van der Waals surface area contributed by atoms with E-state index in [1.807, 2.05) is 42.5 Å². The number of fused-ring (bicyclic) bond motifs is 1. The lowest BCUT2D eigenvalue weighted by molar-refractivity contribution is 0.475. The number of aromatic nitrogens is 1. The van der Waals surface area contributed by atoms with Crippen LogP contribution in [0.1, 0.15) is 0 Å². The van der Waals surface area contributed by atoms with E-state index < -0.39 is 0 Å². The zero-order valence-corrected chi connectivity index (χ0v) is 12.8. The van der Waals surface area contributed by atoms with Gasteiger partial charge in [-0.2, -0.15) is 0 Å². The van der Waals surface area contributed by atoms with Crippen molar-refractivity contribution in [1.29, 1.82) is 0 Å². The maximum absolute atomic E-state index is 9.50. The SMILES string of the molecule is Oc1ccc(-c2ccc3nccc(-c4ccc(O)cc4)c3c2)cc1. The lowest BCUT2D eigenvalue weighted by Crippen LogP contribution is -1.86.